The summed E-state index contributed by atoms with van der Waals surface area (Å²) in [6.45, 7) is -2.47. The number of rotatable bonds is 2. The van der Waals surface area contributed by atoms with Crippen molar-refractivity contribution in [3.63, 3.8) is 0 Å². The third-order valence-electron chi connectivity index (χ3n) is 2.87. The van der Waals surface area contributed by atoms with Crippen molar-refractivity contribution >= 4 is 12.4 Å². The summed E-state index contributed by atoms with van der Waals surface area (Å²) in [6.07, 6.45) is 0.779. The lowest BCUT2D eigenvalue weighted by atomic mass is 9.77. The molecule has 0 aliphatic carbocycles. The van der Waals surface area contributed by atoms with Gasteiger partial charge in [0.15, 0.2) is 0 Å². The highest BCUT2D eigenvalue weighted by molar-refractivity contribution is 6.73. The van der Waals surface area contributed by atoms with Crippen LogP contribution in [0.2, 0.25) is 0 Å². The van der Waals surface area contributed by atoms with Crippen LogP contribution in [0.5, 0.6) is 0 Å². The Morgan fingerprint density at radius 1 is 1.33 bits per heavy atom. The predicted octanol–water partition coefficient (Wildman–Crippen LogP) is 2.38. The predicted molar refractivity (Wildman–Crippen MR) is 53.1 cm³/mol. The van der Waals surface area contributed by atoms with Crippen LogP contribution in [-0.2, 0) is 10.3 Å². The standard InChI is InChI=1S/C10H11BF3O/c1-10(5-6-15-10)8-3-2-4-9(7-8)11(12,13)14/h2-4,7H,5-6H2,1H3/q-1. The van der Waals surface area contributed by atoms with Crippen LogP contribution in [0.1, 0.15) is 18.9 Å². The van der Waals surface area contributed by atoms with Gasteiger partial charge in [0.25, 0.3) is 0 Å². The molecule has 1 unspecified atom stereocenters. The minimum atomic E-state index is -4.91. The van der Waals surface area contributed by atoms with Gasteiger partial charge in [0.05, 0.1) is 12.2 Å². The van der Waals surface area contributed by atoms with E-state index in [1.807, 2.05) is 6.92 Å². The van der Waals surface area contributed by atoms with Crippen molar-refractivity contribution in [3.8, 4) is 0 Å². The van der Waals surface area contributed by atoms with Crippen molar-refractivity contribution in [3.05, 3.63) is 29.8 Å². The number of halogens is 3. The van der Waals surface area contributed by atoms with Gasteiger partial charge in [-0.25, -0.2) is 0 Å². The lowest BCUT2D eigenvalue weighted by molar-refractivity contribution is -0.140. The zero-order chi connectivity index (χ0) is 11.1. The second-order valence-corrected chi connectivity index (χ2v) is 4.03. The van der Waals surface area contributed by atoms with E-state index in [-0.39, 0.29) is 0 Å². The quantitative estimate of drug-likeness (QED) is 0.688. The largest absolute Gasteiger partial charge is 0.509 e. The second kappa shape index (κ2) is 3.27. The molecule has 1 atom stereocenters. The first kappa shape index (κ1) is 10.5. The Balaban J connectivity index is 2.35. The van der Waals surface area contributed by atoms with Crippen molar-refractivity contribution in [2.75, 3.05) is 6.61 Å². The highest BCUT2D eigenvalue weighted by Crippen LogP contribution is 2.36. The Kier molecular flexibility index (Phi) is 2.30. The number of ether oxygens (including phenoxy) is 1. The van der Waals surface area contributed by atoms with Crippen LogP contribution in [-0.4, -0.2) is 13.6 Å². The summed E-state index contributed by atoms with van der Waals surface area (Å²) in [6, 6.07) is 5.42. The molecule has 1 aliphatic rings. The SMILES string of the molecule is CC1(c2cccc([B-](F)(F)F)c2)CCO1. The van der Waals surface area contributed by atoms with E-state index < -0.39 is 18.0 Å². The van der Waals surface area contributed by atoms with Gasteiger partial charge in [-0.15, -0.1) is 5.46 Å². The monoisotopic (exact) mass is 215 g/mol. The van der Waals surface area contributed by atoms with Crippen molar-refractivity contribution in [1.29, 1.82) is 0 Å². The third kappa shape index (κ3) is 1.88. The van der Waals surface area contributed by atoms with E-state index in [0.29, 0.717) is 12.2 Å². The minimum Gasteiger partial charge on any atom is -0.445 e. The van der Waals surface area contributed by atoms with Crippen LogP contribution in [0.15, 0.2) is 24.3 Å². The molecule has 2 rings (SSSR count). The third-order valence-corrected chi connectivity index (χ3v) is 2.87. The van der Waals surface area contributed by atoms with Gasteiger partial charge in [-0.05, 0) is 12.5 Å². The molecule has 1 aromatic rings. The summed E-state index contributed by atoms with van der Waals surface area (Å²) in [5.74, 6) is 0. The molecule has 1 heterocycles. The van der Waals surface area contributed by atoms with Gasteiger partial charge in [-0.1, -0.05) is 24.3 Å². The fourth-order valence-electron chi connectivity index (χ4n) is 1.71. The van der Waals surface area contributed by atoms with Crippen molar-refractivity contribution < 1.29 is 17.7 Å². The van der Waals surface area contributed by atoms with Crippen LogP contribution in [0.25, 0.3) is 0 Å². The fraction of sp³-hybridized carbons (Fsp3) is 0.400. The van der Waals surface area contributed by atoms with Gasteiger partial charge < -0.3 is 17.7 Å². The first-order valence-electron chi connectivity index (χ1n) is 4.86. The van der Waals surface area contributed by atoms with E-state index in [0.717, 1.165) is 12.5 Å². The number of hydrogen-bond acceptors (Lipinski definition) is 1. The Morgan fingerprint density at radius 3 is 2.47 bits per heavy atom. The topological polar surface area (TPSA) is 9.23 Å². The fourth-order valence-corrected chi connectivity index (χ4v) is 1.71. The van der Waals surface area contributed by atoms with Crippen molar-refractivity contribution in [2.45, 2.75) is 18.9 Å². The second-order valence-electron chi connectivity index (χ2n) is 4.03. The first-order valence-corrected chi connectivity index (χ1v) is 4.86. The van der Waals surface area contributed by atoms with Crippen LogP contribution < -0.4 is 5.46 Å². The highest BCUT2D eigenvalue weighted by atomic mass is 19.4. The molecule has 0 amide bonds. The van der Waals surface area contributed by atoms with Crippen LogP contribution in [0.4, 0.5) is 12.9 Å². The van der Waals surface area contributed by atoms with Gasteiger partial charge in [0.1, 0.15) is 0 Å². The molecule has 0 bridgehead atoms. The number of benzene rings is 1. The molecule has 5 heteroatoms. The molecule has 1 aliphatic heterocycles. The van der Waals surface area contributed by atoms with E-state index in [9.17, 15) is 12.9 Å². The van der Waals surface area contributed by atoms with E-state index in [2.05, 4.69) is 0 Å². The molecule has 1 fully saturated rings. The maximum atomic E-state index is 12.5. The molecule has 82 valence electrons. The molecule has 0 aromatic heterocycles. The maximum absolute atomic E-state index is 12.5. The van der Waals surface area contributed by atoms with Crippen molar-refractivity contribution in [2.24, 2.45) is 0 Å². The molecule has 1 saturated heterocycles. The average Bonchev–Trinajstić information content (AvgIpc) is 2.13. The summed E-state index contributed by atoms with van der Waals surface area (Å²) >= 11 is 0. The highest BCUT2D eigenvalue weighted by Gasteiger charge is 2.36. The minimum absolute atomic E-state index is 0.517. The Bertz CT molecular complexity index is 371. The molecule has 0 radical (unpaired) electrons. The van der Waals surface area contributed by atoms with Gasteiger partial charge in [0.2, 0.25) is 0 Å². The van der Waals surface area contributed by atoms with Gasteiger partial charge in [-0.3, -0.25) is 0 Å². The van der Waals surface area contributed by atoms with Gasteiger partial charge >= 0.3 is 6.98 Å². The molecule has 0 N–H and O–H groups in total. The zero-order valence-electron chi connectivity index (χ0n) is 8.34. The molecule has 15 heavy (non-hydrogen) atoms. The summed E-state index contributed by atoms with van der Waals surface area (Å²) in [5.41, 5.74) is -0.452. The molecular weight excluding hydrogens is 204 g/mol. The summed E-state index contributed by atoms with van der Waals surface area (Å²) < 4.78 is 42.8. The molecule has 0 spiro atoms. The molecule has 0 saturated carbocycles. The molecule has 1 nitrogen and oxygen atoms in total. The zero-order valence-corrected chi connectivity index (χ0v) is 8.34. The van der Waals surface area contributed by atoms with E-state index >= 15 is 0 Å². The first-order chi connectivity index (χ1) is 6.92. The molecule has 1 aromatic carbocycles. The van der Waals surface area contributed by atoms with E-state index in [4.69, 9.17) is 4.74 Å². The van der Waals surface area contributed by atoms with Crippen LogP contribution >= 0.6 is 0 Å². The summed E-state index contributed by atoms with van der Waals surface area (Å²) in [4.78, 5) is 0. The maximum Gasteiger partial charge on any atom is 0.509 e. The van der Waals surface area contributed by atoms with Crippen LogP contribution in [0.3, 0.4) is 0 Å². The summed E-state index contributed by atoms with van der Waals surface area (Å²) in [7, 11) is 0. The molecular formula is C10H11BF3O-. The Morgan fingerprint density at radius 2 is 2.00 bits per heavy atom. The Labute approximate surface area is 86.3 Å². The van der Waals surface area contributed by atoms with Gasteiger partial charge in [-0.2, -0.15) is 0 Å². The lowest BCUT2D eigenvalue weighted by Crippen LogP contribution is -2.40. The number of hydrogen-bond donors (Lipinski definition) is 0. The van der Waals surface area contributed by atoms with E-state index in [1.54, 1.807) is 6.07 Å². The van der Waals surface area contributed by atoms with Crippen LogP contribution in [0, 0.1) is 0 Å². The smallest absolute Gasteiger partial charge is 0.445 e. The average molecular weight is 215 g/mol. The normalized spacial score (nSPS) is 26.1. The Hall–Kier alpha value is -0.965. The van der Waals surface area contributed by atoms with Crippen molar-refractivity contribution in [1.82, 2.24) is 0 Å². The van der Waals surface area contributed by atoms with Gasteiger partial charge in [0, 0.05) is 6.42 Å². The lowest BCUT2D eigenvalue weighted by Gasteiger charge is -2.39. The van der Waals surface area contributed by atoms with E-state index in [1.165, 1.54) is 12.1 Å². The summed E-state index contributed by atoms with van der Waals surface area (Å²) in [5, 5.41) is 0.